The topological polar surface area (TPSA) is 38.2 Å². The normalized spacial score (nSPS) is 18.0. The Balaban J connectivity index is 2.28. The molecule has 130 valence electrons. The number of halogens is 3. The third-order valence-corrected chi connectivity index (χ3v) is 4.48. The molecule has 1 aliphatic carbocycles. The van der Waals surface area contributed by atoms with Gasteiger partial charge in [0, 0.05) is 32.0 Å². The third-order valence-electron chi connectivity index (χ3n) is 4.48. The van der Waals surface area contributed by atoms with Crippen LogP contribution in [0.1, 0.15) is 50.5 Å². The molecular formula is C16H24F3N3O. The number of aryl methyl sites for hydroxylation is 1. The largest absolute Gasteiger partial charge is 0.451 e. The van der Waals surface area contributed by atoms with Crippen LogP contribution < -0.4 is 4.90 Å². The molecular weight excluding hydrogens is 307 g/mol. The average molecular weight is 331 g/mol. The summed E-state index contributed by atoms with van der Waals surface area (Å²) in [7, 11) is 1.69. The van der Waals surface area contributed by atoms with Gasteiger partial charge >= 0.3 is 6.18 Å². The second-order valence-corrected chi connectivity index (χ2v) is 6.15. The van der Waals surface area contributed by atoms with Crippen molar-refractivity contribution in [3.05, 3.63) is 17.6 Å². The molecule has 1 aromatic rings. The standard InChI is InChI=1S/C16H24F3N3O/c1-4-22(11-15(23-3)8-6-5-7-9-15)13-10-12(2)20-14(21-13)16(17,18)19/h10H,4-9,11H2,1-3H3. The van der Waals surface area contributed by atoms with Crippen LogP contribution >= 0.6 is 0 Å². The molecule has 0 unspecified atom stereocenters. The monoisotopic (exact) mass is 331 g/mol. The van der Waals surface area contributed by atoms with Crippen LogP contribution in [0.15, 0.2) is 6.07 Å². The van der Waals surface area contributed by atoms with Crippen molar-refractivity contribution in [3.63, 3.8) is 0 Å². The molecule has 1 fully saturated rings. The molecule has 4 nitrogen and oxygen atoms in total. The molecule has 0 aliphatic heterocycles. The van der Waals surface area contributed by atoms with Crippen LogP contribution in [0, 0.1) is 6.92 Å². The van der Waals surface area contributed by atoms with E-state index in [4.69, 9.17) is 4.74 Å². The number of likely N-dealkylation sites (N-methyl/N-ethyl adjacent to an activating group) is 1. The second-order valence-electron chi connectivity index (χ2n) is 6.15. The van der Waals surface area contributed by atoms with Gasteiger partial charge < -0.3 is 9.64 Å². The Morgan fingerprint density at radius 1 is 1.22 bits per heavy atom. The number of hydrogen-bond acceptors (Lipinski definition) is 4. The summed E-state index contributed by atoms with van der Waals surface area (Å²) in [5.74, 6) is -0.768. The minimum Gasteiger partial charge on any atom is -0.376 e. The molecule has 0 N–H and O–H groups in total. The first-order valence-electron chi connectivity index (χ1n) is 8.02. The number of hydrogen-bond donors (Lipinski definition) is 0. The second kappa shape index (κ2) is 7.03. The van der Waals surface area contributed by atoms with Crippen LogP contribution in [0.4, 0.5) is 19.0 Å². The summed E-state index contributed by atoms with van der Waals surface area (Å²) < 4.78 is 44.6. The highest BCUT2D eigenvalue weighted by Gasteiger charge is 2.37. The maximum absolute atomic E-state index is 12.9. The lowest BCUT2D eigenvalue weighted by atomic mass is 9.84. The zero-order valence-electron chi connectivity index (χ0n) is 13.9. The summed E-state index contributed by atoms with van der Waals surface area (Å²) in [4.78, 5) is 9.11. The lowest BCUT2D eigenvalue weighted by molar-refractivity contribution is -0.145. The van der Waals surface area contributed by atoms with Crippen molar-refractivity contribution in [2.24, 2.45) is 0 Å². The molecule has 0 saturated heterocycles. The van der Waals surface area contributed by atoms with E-state index in [0.717, 1.165) is 25.7 Å². The molecule has 23 heavy (non-hydrogen) atoms. The summed E-state index contributed by atoms with van der Waals surface area (Å²) in [5, 5.41) is 0. The lowest BCUT2D eigenvalue weighted by Gasteiger charge is -2.40. The van der Waals surface area contributed by atoms with Gasteiger partial charge in [0.15, 0.2) is 0 Å². The first kappa shape index (κ1) is 18.0. The minimum absolute atomic E-state index is 0.300. The van der Waals surface area contributed by atoms with Gasteiger partial charge in [-0.1, -0.05) is 19.3 Å². The van der Waals surface area contributed by atoms with Crippen LogP contribution in [0.3, 0.4) is 0 Å². The quantitative estimate of drug-likeness (QED) is 0.818. The number of alkyl halides is 3. The van der Waals surface area contributed by atoms with Crippen LogP contribution in [-0.4, -0.2) is 35.8 Å². The van der Waals surface area contributed by atoms with E-state index in [-0.39, 0.29) is 5.60 Å². The van der Waals surface area contributed by atoms with Gasteiger partial charge in [0.2, 0.25) is 5.82 Å². The fourth-order valence-corrected chi connectivity index (χ4v) is 3.17. The first-order chi connectivity index (χ1) is 10.8. The fraction of sp³-hybridized carbons (Fsp3) is 0.750. The molecule has 1 aromatic heterocycles. The molecule has 1 aliphatic rings. The van der Waals surface area contributed by atoms with Gasteiger partial charge in [0.1, 0.15) is 5.82 Å². The molecule has 0 spiro atoms. The van der Waals surface area contributed by atoms with E-state index in [2.05, 4.69) is 9.97 Å². The molecule has 0 aromatic carbocycles. The summed E-state index contributed by atoms with van der Waals surface area (Å²) in [6.07, 6.45) is 0.669. The Labute approximate surface area is 135 Å². The van der Waals surface area contributed by atoms with Gasteiger partial charge in [-0.2, -0.15) is 13.2 Å². The highest BCUT2D eigenvalue weighted by Crippen LogP contribution is 2.34. The van der Waals surface area contributed by atoms with E-state index in [1.54, 1.807) is 20.1 Å². The van der Waals surface area contributed by atoms with E-state index in [0.29, 0.717) is 24.6 Å². The molecule has 7 heteroatoms. The van der Waals surface area contributed by atoms with Crippen LogP contribution in [-0.2, 0) is 10.9 Å². The lowest BCUT2D eigenvalue weighted by Crippen LogP contribution is -2.46. The van der Waals surface area contributed by atoms with E-state index < -0.39 is 12.0 Å². The van der Waals surface area contributed by atoms with Gasteiger partial charge in [-0.3, -0.25) is 0 Å². The van der Waals surface area contributed by atoms with Crippen LogP contribution in [0.2, 0.25) is 0 Å². The van der Waals surface area contributed by atoms with Crippen molar-refractivity contribution in [3.8, 4) is 0 Å². The van der Waals surface area contributed by atoms with Crippen LogP contribution in [0.25, 0.3) is 0 Å². The fourth-order valence-electron chi connectivity index (χ4n) is 3.17. The maximum Gasteiger partial charge on any atom is 0.451 e. The Morgan fingerprint density at radius 3 is 2.39 bits per heavy atom. The number of anilines is 1. The Morgan fingerprint density at radius 2 is 1.87 bits per heavy atom. The SMILES string of the molecule is CCN(CC1(OC)CCCCC1)c1cc(C)nc(C(F)(F)F)n1. The Kier molecular flexibility index (Phi) is 5.49. The zero-order chi connectivity index (χ0) is 17.1. The van der Waals surface area contributed by atoms with Crippen molar-refractivity contribution >= 4 is 5.82 Å². The predicted molar refractivity (Wildman–Crippen MR) is 82.5 cm³/mol. The van der Waals surface area contributed by atoms with E-state index >= 15 is 0 Å². The smallest absolute Gasteiger partial charge is 0.376 e. The molecule has 0 radical (unpaired) electrons. The molecule has 0 bridgehead atoms. The zero-order valence-corrected chi connectivity index (χ0v) is 13.9. The molecule has 0 amide bonds. The van der Waals surface area contributed by atoms with Crippen molar-refractivity contribution in [1.82, 2.24) is 9.97 Å². The molecule has 1 saturated carbocycles. The number of methoxy groups -OCH3 is 1. The summed E-state index contributed by atoms with van der Waals surface area (Å²) in [6, 6.07) is 1.60. The van der Waals surface area contributed by atoms with Gasteiger partial charge in [-0.05, 0) is 26.7 Å². The van der Waals surface area contributed by atoms with E-state index in [9.17, 15) is 13.2 Å². The highest BCUT2D eigenvalue weighted by molar-refractivity contribution is 5.40. The summed E-state index contributed by atoms with van der Waals surface area (Å²) in [6.45, 7) is 4.59. The predicted octanol–water partition coefficient (Wildman–Crippen LogP) is 3.98. The third kappa shape index (κ3) is 4.34. The summed E-state index contributed by atoms with van der Waals surface area (Å²) >= 11 is 0. The number of nitrogens with zero attached hydrogens (tertiary/aromatic N) is 3. The van der Waals surface area contributed by atoms with E-state index in [1.165, 1.54) is 6.42 Å². The van der Waals surface area contributed by atoms with Gasteiger partial charge in [0.05, 0.1) is 5.60 Å². The van der Waals surface area contributed by atoms with Gasteiger partial charge in [0.25, 0.3) is 0 Å². The molecule has 1 heterocycles. The van der Waals surface area contributed by atoms with Crippen molar-refractivity contribution in [1.29, 1.82) is 0 Å². The van der Waals surface area contributed by atoms with Crippen LogP contribution in [0.5, 0.6) is 0 Å². The first-order valence-corrected chi connectivity index (χ1v) is 8.02. The van der Waals surface area contributed by atoms with Crippen molar-refractivity contribution in [2.45, 2.75) is 57.7 Å². The minimum atomic E-state index is -4.54. The molecule has 0 atom stereocenters. The Bertz CT molecular complexity index is 528. The van der Waals surface area contributed by atoms with Crippen molar-refractivity contribution in [2.75, 3.05) is 25.1 Å². The highest BCUT2D eigenvalue weighted by atomic mass is 19.4. The summed E-state index contributed by atoms with van der Waals surface area (Å²) in [5.41, 5.74) is 0.0155. The maximum atomic E-state index is 12.9. The number of rotatable bonds is 5. The Hall–Kier alpha value is -1.37. The molecule has 2 rings (SSSR count). The van der Waals surface area contributed by atoms with Gasteiger partial charge in [-0.15, -0.1) is 0 Å². The van der Waals surface area contributed by atoms with E-state index in [1.807, 2.05) is 11.8 Å². The van der Waals surface area contributed by atoms with Gasteiger partial charge in [-0.25, -0.2) is 9.97 Å². The number of aromatic nitrogens is 2. The average Bonchev–Trinajstić information content (AvgIpc) is 2.52. The van der Waals surface area contributed by atoms with Crippen molar-refractivity contribution < 1.29 is 17.9 Å². The number of ether oxygens (including phenoxy) is 1.